The molecule has 0 unspecified atom stereocenters. The smallest absolute Gasteiger partial charge is 0.183 e. The highest BCUT2D eigenvalue weighted by molar-refractivity contribution is 6.30. The Kier molecular flexibility index (Phi) is 5.86. The van der Waals surface area contributed by atoms with Crippen molar-refractivity contribution in [2.75, 3.05) is 5.32 Å². The number of pyridine rings is 1. The fourth-order valence-electron chi connectivity index (χ4n) is 3.80. The number of H-pyrrole nitrogens is 1. The van der Waals surface area contributed by atoms with Gasteiger partial charge in [-0.1, -0.05) is 23.7 Å². The lowest BCUT2D eigenvalue weighted by Gasteiger charge is -2.35. The summed E-state index contributed by atoms with van der Waals surface area (Å²) in [6, 6.07) is 14.8. The quantitative estimate of drug-likeness (QED) is 0.551. The number of nitrogens with one attached hydrogen (secondary N) is 2. The van der Waals surface area contributed by atoms with Crippen molar-refractivity contribution in [3.63, 3.8) is 0 Å². The lowest BCUT2D eigenvalue weighted by atomic mass is 9.71. The summed E-state index contributed by atoms with van der Waals surface area (Å²) in [6.07, 6.45) is 4.81. The Hall–Kier alpha value is -3.11. The van der Waals surface area contributed by atoms with Crippen LogP contribution < -0.4 is 10.1 Å². The number of hydrogen-bond donors (Lipinski definition) is 2. The minimum atomic E-state index is -0.540. The first-order chi connectivity index (χ1) is 14.6. The largest absolute Gasteiger partial charge is 0.487 e. The lowest BCUT2D eigenvalue weighted by Crippen LogP contribution is -2.33. The normalized spacial score (nSPS) is 21.0. The van der Waals surface area contributed by atoms with Gasteiger partial charge in [-0.25, -0.2) is 9.37 Å². The predicted molar refractivity (Wildman–Crippen MR) is 112 cm³/mol. The molecule has 2 heterocycles. The number of aromatic nitrogens is 3. The number of nitriles is 1. The lowest BCUT2D eigenvalue weighted by molar-refractivity contribution is 0.102. The molecule has 0 bridgehead atoms. The van der Waals surface area contributed by atoms with Crippen LogP contribution in [-0.4, -0.2) is 21.3 Å². The zero-order valence-corrected chi connectivity index (χ0v) is 17.0. The average Bonchev–Trinajstić information content (AvgIpc) is 3.26. The van der Waals surface area contributed by atoms with E-state index in [9.17, 15) is 9.65 Å². The highest BCUT2D eigenvalue weighted by Crippen LogP contribution is 2.40. The number of benzene rings is 1. The number of aromatic amines is 1. The van der Waals surface area contributed by atoms with Crippen LogP contribution in [0.5, 0.6) is 5.75 Å². The maximum absolute atomic E-state index is 14.1. The molecular weight excluding hydrogens is 405 g/mol. The van der Waals surface area contributed by atoms with E-state index < -0.39 is 11.2 Å². The van der Waals surface area contributed by atoms with E-state index in [0.717, 1.165) is 5.69 Å². The van der Waals surface area contributed by atoms with Crippen LogP contribution in [0.1, 0.15) is 31.4 Å². The molecule has 6 nitrogen and oxygen atoms in total. The van der Waals surface area contributed by atoms with E-state index in [1.165, 1.54) is 6.07 Å². The molecule has 1 fully saturated rings. The van der Waals surface area contributed by atoms with Crippen LogP contribution in [0.2, 0.25) is 5.02 Å². The fraction of sp³-hybridized carbons (Fsp3) is 0.318. The first kappa shape index (κ1) is 20.2. The second-order valence-corrected chi connectivity index (χ2v) is 7.94. The summed E-state index contributed by atoms with van der Waals surface area (Å²) in [5.74, 6) is 0.985. The third-order valence-corrected chi connectivity index (χ3v) is 5.71. The Morgan fingerprint density at radius 2 is 2.00 bits per heavy atom. The second-order valence-electron chi connectivity index (χ2n) is 7.54. The van der Waals surface area contributed by atoms with Gasteiger partial charge < -0.3 is 10.1 Å². The molecular formula is C22H21ClFN5O. The van der Waals surface area contributed by atoms with Crippen molar-refractivity contribution in [2.24, 2.45) is 5.41 Å². The standard InChI is InChI=1S/C22H21ClFN5O/c23-17-4-2-5-18(21(17)24)30-16-7-10-22(14-25,11-8-16)13-15-3-1-6-19(27-15)28-20-9-12-26-29-20/h1-6,9,12,16H,7-8,10-11,13H2,(H2,26,27,28,29)/t16-,22-. The summed E-state index contributed by atoms with van der Waals surface area (Å²) in [6.45, 7) is 0. The molecule has 2 aromatic heterocycles. The molecule has 0 aliphatic heterocycles. The Bertz CT molecular complexity index is 1040. The van der Waals surface area contributed by atoms with Crippen LogP contribution >= 0.6 is 11.6 Å². The molecule has 30 heavy (non-hydrogen) atoms. The average molecular weight is 426 g/mol. The van der Waals surface area contributed by atoms with E-state index in [2.05, 4.69) is 26.6 Å². The van der Waals surface area contributed by atoms with Crippen LogP contribution in [-0.2, 0) is 6.42 Å². The van der Waals surface area contributed by atoms with Gasteiger partial charge in [-0.05, 0) is 49.9 Å². The molecule has 1 saturated carbocycles. The van der Waals surface area contributed by atoms with Gasteiger partial charge in [0, 0.05) is 24.4 Å². The molecule has 0 radical (unpaired) electrons. The van der Waals surface area contributed by atoms with Crippen molar-refractivity contribution in [3.8, 4) is 11.8 Å². The van der Waals surface area contributed by atoms with Crippen LogP contribution in [0, 0.1) is 22.6 Å². The van der Waals surface area contributed by atoms with Gasteiger partial charge in [0.15, 0.2) is 17.4 Å². The van der Waals surface area contributed by atoms with Crippen molar-refractivity contribution in [2.45, 2.75) is 38.2 Å². The first-order valence-electron chi connectivity index (χ1n) is 9.82. The van der Waals surface area contributed by atoms with Crippen molar-refractivity contribution < 1.29 is 9.13 Å². The monoisotopic (exact) mass is 425 g/mol. The molecule has 8 heteroatoms. The molecule has 0 spiro atoms. The van der Waals surface area contributed by atoms with Gasteiger partial charge in [-0.15, -0.1) is 0 Å². The Balaban J connectivity index is 1.40. The number of ether oxygens (including phenoxy) is 1. The van der Waals surface area contributed by atoms with Crippen molar-refractivity contribution in [1.29, 1.82) is 5.26 Å². The van der Waals surface area contributed by atoms with E-state index in [1.54, 1.807) is 18.3 Å². The van der Waals surface area contributed by atoms with Crippen molar-refractivity contribution in [1.82, 2.24) is 15.2 Å². The summed E-state index contributed by atoms with van der Waals surface area (Å²) in [5.41, 5.74) is 0.336. The molecule has 1 aromatic carbocycles. The molecule has 0 saturated heterocycles. The van der Waals surface area contributed by atoms with E-state index in [1.807, 2.05) is 24.3 Å². The molecule has 4 rings (SSSR count). The molecule has 0 atom stereocenters. The van der Waals surface area contributed by atoms with Gasteiger partial charge in [0.2, 0.25) is 0 Å². The molecule has 2 N–H and O–H groups in total. The van der Waals surface area contributed by atoms with Gasteiger partial charge in [-0.2, -0.15) is 10.4 Å². The van der Waals surface area contributed by atoms with Crippen LogP contribution in [0.15, 0.2) is 48.7 Å². The van der Waals surface area contributed by atoms with E-state index in [-0.39, 0.29) is 16.9 Å². The van der Waals surface area contributed by atoms with Gasteiger partial charge in [-0.3, -0.25) is 5.10 Å². The van der Waals surface area contributed by atoms with Crippen molar-refractivity contribution >= 4 is 23.2 Å². The van der Waals surface area contributed by atoms with Crippen LogP contribution in [0.3, 0.4) is 0 Å². The Labute approximate surface area is 179 Å². The summed E-state index contributed by atoms with van der Waals surface area (Å²) in [5, 5.41) is 19.9. The zero-order valence-electron chi connectivity index (χ0n) is 16.2. The predicted octanol–water partition coefficient (Wildman–Crippen LogP) is 5.41. The van der Waals surface area contributed by atoms with Gasteiger partial charge >= 0.3 is 0 Å². The third-order valence-electron chi connectivity index (χ3n) is 5.42. The summed E-state index contributed by atoms with van der Waals surface area (Å²) in [7, 11) is 0. The number of hydrogen-bond acceptors (Lipinski definition) is 5. The molecule has 1 aliphatic rings. The fourth-order valence-corrected chi connectivity index (χ4v) is 3.97. The number of rotatable bonds is 6. The molecule has 1 aliphatic carbocycles. The summed E-state index contributed by atoms with van der Waals surface area (Å²) < 4.78 is 19.9. The maximum atomic E-state index is 14.1. The molecule has 0 amide bonds. The minimum Gasteiger partial charge on any atom is -0.487 e. The molecule has 3 aromatic rings. The third kappa shape index (κ3) is 4.55. The number of nitrogens with zero attached hydrogens (tertiary/aromatic N) is 3. The van der Waals surface area contributed by atoms with Gasteiger partial charge in [0.25, 0.3) is 0 Å². The van der Waals surface area contributed by atoms with E-state index >= 15 is 0 Å². The number of halogens is 2. The SMILES string of the molecule is N#C[C@]1(Cc2cccc(Nc3cc[nH]n3)n2)CC[C@@H](Oc2cccc(Cl)c2F)CC1. The summed E-state index contributed by atoms with van der Waals surface area (Å²) >= 11 is 5.83. The highest BCUT2D eigenvalue weighted by atomic mass is 35.5. The topological polar surface area (TPSA) is 86.6 Å². The first-order valence-corrected chi connectivity index (χ1v) is 10.2. The maximum Gasteiger partial charge on any atom is 0.183 e. The van der Waals surface area contributed by atoms with Crippen LogP contribution in [0.4, 0.5) is 16.0 Å². The highest BCUT2D eigenvalue weighted by Gasteiger charge is 2.37. The Morgan fingerprint density at radius 3 is 2.73 bits per heavy atom. The van der Waals surface area contributed by atoms with Crippen molar-refractivity contribution in [3.05, 3.63) is 65.2 Å². The van der Waals surface area contributed by atoms with E-state index in [4.69, 9.17) is 16.3 Å². The summed E-state index contributed by atoms with van der Waals surface area (Å²) in [4.78, 5) is 4.63. The minimum absolute atomic E-state index is 0.0454. The zero-order chi connectivity index (χ0) is 21.0. The Morgan fingerprint density at radius 1 is 1.20 bits per heavy atom. The second kappa shape index (κ2) is 8.72. The van der Waals surface area contributed by atoms with Crippen LogP contribution in [0.25, 0.3) is 0 Å². The van der Waals surface area contributed by atoms with E-state index in [0.29, 0.717) is 43.7 Å². The molecule has 154 valence electrons. The number of anilines is 2. The van der Waals surface area contributed by atoms with Gasteiger partial charge in [0.1, 0.15) is 5.82 Å². The van der Waals surface area contributed by atoms with Gasteiger partial charge in [0.05, 0.1) is 22.6 Å².